The molecule has 0 unspecified atom stereocenters. The van der Waals surface area contributed by atoms with Gasteiger partial charge in [0.1, 0.15) is 0 Å². The molecule has 2 aliphatic heterocycles. The van der Waals surface area contributed by atoms with Gasteiger partial charge in [-0.25, -0.2) is 4.79 Å². The number of benzene rings is 3. The topological polar surface area (TPSA) is 46.6 Å². The van der Waals surface area contributed by atoms with Crippen molar-refractivity contribution in [2.45, 2.75) is 37.7 Å². The van der Waals surface area contributed by atoms with Crippen molar-refractivity contribution in [1.82, 2.24) is 4.90 Å². The van der Waals surface area contributed by atoms with Crippen molar-refractivity contribution < 1.29 is 14.3 Å². The van der Waals surface area contributed by atoms with Crippen molar-refractivity contribution in [3.8, 4) is 0 Å². The summed E-state index contributed by atoms with van der Waals surface area (Å²) in [7, 11) is 0. The summed E-state index contributed by atoms with van der Waals surface area (Å²) in [5.74, 6) is -0.113. The normalized spacial score (nSPS) is 18.1. The Hall–Kier alpha value is -3.66. The minimum Gasteiger partial charge on any atom is -0.441 e. The van der Waals surface area contributed by atoms with Gasteiger partial charge in [-0.15, -0.1) is 0 Å². The second-order valence-corrected chi connectivity index (χ2v) is 9.39. The Kier molecular flexibility index (Phi) is 5.09. The molecule has 4 heteroatoms. The molecule has 34 heavy (non-hydrogen) atoms. The summed E-state index contributed by atoms with van der Waals surface area (Å²) < 4.78 is 6.38. The Morgan fingerprint density at radius 3 is 2.12 bits per heavy atom. The molecule has 1 spiro atoms. The van der Waals surface area contributed by atoms with Crippen molar-refractivity contribution in [2.75, 3.05) is 13.1 Å². The quantitative estimate of drug-likeness (QED) is 0.543. The van der Waals surface area contributed by atoms with E-state index in [1.807, 2.05) is 35.2 Å². The summed E-state index contributed by atoms with van der Waals surface area (Å²) in [6.07, 6.45) is 3.51. The van der Waals surface area contributed by atoms with Crippen molar-refractivity contribution in [3.05, 3.63) is 118 Å². The van der Waals surface area contributed by atoms with E-state index >= 15 is 0 Å². The molecule has 0 radical (unpaired) electrons. The van der Waals surface area contributed by atoms with Crippen LogP contribution in [0.25, 0.3) is 0 Å². The first-order chi connectivity index (χ1) is 16.7. The highest BCUT2D eigenvalue weighted by Crippen LogP contribution is 2.52. The standard InChI is InChI=1S/C30H27NO3/c32-28(17-14-21-8-2-1-3-9-21)31-19-18-24-27(20-31)30(34-29(24)33)25-12-6-4-10-22(25)15-16-23-11-5-7-13-26(23)30/h1-13H,14-20H2. The Morgan fingerprint density at radius 2 is 1.44 bits per heavy atom. The molecule has 0 aromatic heterocycles. The summed E-state index contributed by atoms with van der Waals surface area (Å²) in [5.41, 5.74) is 6.39. The molecule has 0 atom stereocenters. The molecule has 0 saturated carbocycles. The number of carbonyl (C=O) groups is 2. The van der Waals surface area contributed by atoms with Gasteiger partial charge in [-0.1, -0.05) is 78.9 Å². The average molecular weight is 450 g/mol. The predicted molar refractivity (Wildman–Crippen MR) is 130 cm³/mol. The Bertz CT molecular complexity index is 1260. The number of esters is 1. The fourth-order valence-electron chi connectivity index (χ4n) is 5.85. The van der Waals surface area contributed by atoms with E-state index < -0.39 is 5.60 Å². The van der Waals surface area contributed by atoms with Crippen LogP contribution in [0, 0.1) is 0 Å². The summed E-state index contributed by atoms with van der Waals surface area (Å²) in [6.45, 7) is 0.984. The van der Waals surface area contributed by atoms with Crippen molar-refractivity contribution in [2.24, 2.45) is 0 Å². The highest BCUT2D eigenvalue weighted by Gasteiger charge is 2.54. The molecule has 170 valence electrons. The molecule has 2 heterocycles. The molecule has 0 saturated heterocycles. The molecular weight excluding hydrogens is 422 g/mol. The molecule has 3 aliphatic rings. The average Bonchev–Trinajstić information content (AvgIpc) is 3.10. The number of fused-ring (bicyclic) bond motifs is 5. The lowest BCUT2D eigenvalue weighted by Gasteiger charge is -2.37. The first-order valence-corrected chi connectivity index (χ1v) is 12.1. The Balaban J connectivity index is 1.39. The van der Waals surface area contributed by atoms with Crippen LogP contribution in [0.1, 0.15) is 40.7 Å². The fraction of sp³-hybridized carbons (Fsp3) is 0.267. The molecule has 3 aromatic rings. The van der Waals surface area contributed by atoms with Gasteiger partial charge in [-0.3, -0.25) is 4.79 Å². The number of hydrogen-bond donors (Lipinski definition) is 0. The first kappa shape index (κ1) is 20.9. The van der Waals surface area contributed by atoms with Crippen LogP contribution in [0.3, 0.4) is 0 Å². The molecule has 3 aromatic carbocycles. The highest BCUT2D eigenvalue weighted by molar-refractivity contribution is 5.95. The van der Waals surface area contributed by atoms with Crippen LogP contribution in [0.2, 0.25) is 0 Å². The molecular formula is C30H27NO3. The van der Waals surface area contributed by atoms with E-state index in [-0.39, 0.29) is 11.9 Å². The van der Waals surface area contributed by atoms with E-state index in [1.54, 1.807) is 0 Å². The van der Waals surface area contributed by atoms with Crippen molar-refractivity contribution in [1.29, 1.82) is 0 Å². The van der Waals surface area contributed by atoms with Crippen LogP contribution in [0.5, 0.6) is 0 Å². The molecule has 1 amide bonds. The predicted octanol–water partition coefficient (Wildman–Crippen LogP) is 4.75. The van der Waals surface area contributed by atoms with Gasteiger partial charge >= 0.3 is 5.97 Å². The minimum atomic E-state index is -0.950. The number of aryl methyl sites for hydroxylation is 3. The third-order valence-corrected chi connectivity index (χ3v) is 7.54. The molecule has 0 bridgehead atoms. The number of rotatable bonds is 3. The van der Waals surface area contributed by atoms with Gasteiger partial charge in [0.15, 0.2) is 5.60 Å². The molecule has 6 rings (SSSR count). The van der Waals surface area contributed by atoms with Crippen LogP contribution in [-0.2, 0) is 39.2 Å². The largest absolute Gasteiger partial charge is 0.441 e. The maximum atomic E-state index is 13.2. The number of amides is 1. The second kappa shape index (κ2) is 8.28. The maximum absolute atomic E-state index is 13.2. The van der Waals surface area contributed by atoms with E-state index in [1.165, 1.54) is 11.1 Å². The van der Waals surface area contributed by atoms with Gasteiger partial charge in [0.2, 0.25) is 5.91 Å². The summed E-state index contributed by atoms with van der Waals surface area (Å²) >= 11 is 0. The lowest BCUT2D eigenvalue weighted by molar-refractivity contribution is -0.145. The molecule has 4 nitrogen and oxygen atoms in total. The zero-order valence-electron chi connectivity index (χ0n) is 19.1. The van der Waals surface area contributed by atoms with Gasteiger partial charge in [-0.05, 0) is 42.4 Å². The smallest absolute Gasteiger partial charge is 0.335 e. The Labute approximate surface area is 199 Å². The summed E-state index contributed by atoms with van der Waals surface area (Å²) in [4.78, 5) is 28.4. The van der Waals surface area contributed by atoms with Gasteiger partial charge in [0, 0.05) is 41.8 Å². The number of nitrogens with zero attached hydrogens (tertiary/aromatic N) is 1. The molecule has 0 N–H and O–H groups in total. The molecule has 1 aliphatic carbocycles. The zero-order valence-corrected chi connectivity index (χ0v) is 19.1. The van der Waals surface area contributed by atoms with E-state index in [0.29, 0.717) is 32.4 Å². The lowest BCUT2D eigenvalue weighted by Crippen LogP contribution is -2.42. The maximum Gasteiger partial charge on any atom is 0.335 e. The first-order valence-electron chi connectivity index (χ1n) is 12.1. The van der Waals surface area contributed by atoms with Gasteiger partial charge in [-0.2, -0.15) is 0 Å². The summed E-state index contributed by atoms with van der Waals surface area (Å²) in [6, 6.07) is 26.7. The number of ether oxygens (including phenoxy) is 1. The van der Waals surface area contributed by atoms with E-state index in [4.69, 9.17) is 4.74 Å². The molecule has 0 fully saturated rings. The highest BCUT2D eigenvalue weighted by atomic mass is 16.6. The monoisotopic (exact) mass is 449 g/mol. The lowest BCUT2D eigenvalue weighted by atomic mass is 9.76. The van der Waals surface area contributed by atoms with Gasteiger partial charge in [0.25, 0.3) is 0 Å². The second-order valence-electron chi connectivity index (χ2n) is 9.39. The third-order valence-electron chi connectivity index (χ3n) is 7.54. The van der Waals surface area contributed by atoms with Crippen LogP contribution in [-0.4, -0.2) is 29.9 Å². The number of carbonyl (C=O) groups excluding carboxylic acids is 2. The fourth-order valence-corrected chi connectivity index (χ4v) is 5.85. The van der Waals surface area contributed by atoms with Crippen LogP contribution in [0.15, 0.2) is 90.0 Å². The van der Waals surface area contributed by atoms with Gasteiger partial charge in [0.05, 0.1) is 0 Å². The van der Waals surface area contributed by atoms with E-state index in [9.17, 15) is 9.59 Å². The summed E-state index contributed by atoms with van der Waals surface area (Å²) in [5, 5.41) is 0. The SMILES string of the molecule is O=C1OC2(C3=C1CCN(C(=O)CCc1ccccc1)C3)c1ccccc1CCc1ccccc12. The van der Waals surface area contributed by atoms with Crippen LogP contribution < -0.4 is 0 Å². The van der Waals surface area contributed by atoms with E-state index in [0.717, 1.165) is 40.7 Å². The van der Waals surface area contributed by atoms with Crippen molar-refractivity contribution in [3.63, 3.8) is 0 Å². The van der Waals surface area contributed by atoms with Crippen molar-refractivity contribution >= 4 is 11.9 Å². The van der Waals surface area contributed by atoms with Crippen LogP contribution in [0.4, 0.5) is 0 Å². The number of hydrogen-bond acceptors (Lipinski definition) is 3. The Morgan fingerprint density at radius 1 is 0.824 bits per heavy atom. The third kappa shape index (κ3) is 3.28. The van der Waals surface area contributed by atoms with E-state index in [2.05, 4.69) is 48.5 Å². The zero-order chi connectivity index (χ0) is 23.1. The van der Waals surface area contributed by atoms with Gasteiger partial charge < -0.3 is 9.64 Å². The minimum absolute atomic E-state index is 0.125. The van der Waals surface area contributed by atoms with Crippen LogP contribution >= 0.6 is 0 Å².